The van der Waals surface area contributed by atoms with Crippen molar-refractivity contribution >= 4 is 9.84 Å². The summed E-state index contributed by atoms with van der Waals surface area (Å²) in [5.74, 6) is 0.0868. The molecule has 2 rings (SSSR count). The Morgan fingerprint density at radius 2 is 1.62 bits per heavy atom. The molecule has 4 heteroatoms. The number of hydrogen-bond donors (Lipinski definition) is 1. The van der Waals surface area contributed by atoms with Crippen molar-refractivity contribution < 1.29 is 8.42 Å². The molecule has 0 saturated carbocycles. The van der Waals surface area contributed by atoms with Crippen LogP contribution in [0.5, 0.6) is 0 Å². The number of sulfone groups is 1. The first-order chi connectivity index (χ1) is 9.94. The smallest absolute Gasteiger partial charge is 0.156 e. The van der Waals surface area contributed by atoms with Crippen molar-refractivity contribution in [3.63, 3.8) is 0 Å². The summed E-state index contributed by atoms with van der Waals surface area (Å²) in [5.41, 5.74) is 9.81. The molecule has 0 unspecified atom stereocenters. The standard InChI is InChI=1S/C17H21NO2S/c1-13(2)21(19,20)12-14-7-9-15(10-8-14)17-6-4-3-5-16(17)11-18/h3-10,13H,11-12,18H2,1-2H3. The Hall–Kier alpha value is -1.65. The third-order valence-corrected chi connectivity index (χ3v) is 5.76. The molecular formula is C17H21NO2S. The lowest BCUT2D eigenvalue weighted by Gasteiger charge is -2.10. The molecule has 0 aliphatic rings. The van der Waals surface area contributed by atoms with Crippen molar-refractivity contribution in [3.8, 4) is 11.1 Å². The van der Waals surface area contributed by atoms with Gasteiger partial charge >= 0.3 is 0 Å². The maximum atomic E-state index is 11.9. The third kappa shape index (κ3) is 3.71. The molecule has 0 spiro atoms. The van der Waals surface area contributed by atoms with E-state index in [4.69, 9.17) is 5.73 Å². The summed E-state index contributed by atoms with van der Waals surface area (Å²) < 4.78 is 23.9. The summed E-state index contributed by atoms with van der Waals surface area (Å²) in [6.07, 6.45) is 0. The zero-order chi connectivity index (χ0) is 15.5. The number of rotatable bonds is 5. The summed E-state index contributed by atoms with van der Waals surface area (Å²) in [5, 5.41) is -0.352. The fourth-order valence-corrected chi connectivity index (χ4v) is 3.15. The van der Waals surface area contributed by atoms with E-state index in [9.17, 15) is 8.42 Å². The predicted molar refractivity (Wildman–Crippen MR) is 87.5 cm³/mol. The van der Waals surface area contributed by atoms with Gasteiger partial charge < -0.3 is 5.73 Å². The van der Waals surface area contributed by atoms with Gasteiger partial charge in [0.2, 0.25) is 0 Å². The molecule has 2 aromatic carbocycles. The van der Waals surface area contributed by atoms with Crippen LogP contribution in [0.15, 0.2) is 48.5 Å². The highest BCUT2D eigenvalue weighted by molar-refractivity contribution is 7.91. The van der Waals surface area contributed by atoms with Crippen LogP contribution in [0.25, 0.3) is 11.1 Å². The van der Waals surface area contributed by atoms with Crippen molar-refractivity contribution in [1.29, 1.82) is 0 Å². The van der Waals surface area contributed by atoms with E-state index in [-0.39, 0.29) is 11.0 Å². The number of nitrogens with two attached hydrogens (primary N) is 1. The first kappa shape index (κ1) is 15.7. The fourth-order valence-electron chi connectivity index (χ4n) is 2.16. The Bertz CT molecular complexity index is 704. The molecule has 21 heavy (non-hydrogen) atoms. The molecule has 112 valence electrons. The Morgan fingerprint density at radius 1 is 1.00 bits per heavy atom. The Kier molecular flexibility index (Phi) is 4.80. The minimum Gasteiger partial charge on any atom is -0.326 e. The van der Waals surface area contributed by atoms with Crippen LogP contribution in [-0.2, 0) is 22.1 Å². The van der Waals surface area contributed by atoms with Crippen LogP contribution in [0.2, 0.25) is 0 Å². The molecule has 3 nitrogen and oxygen atoms in total. The second kappa shape index (κ2) is 6.41. The van der Waals surface area contributed by atoms with Gasteiger partial charge in [-0.2, -0.15) is 0 Å². The zero-order valence-corrected chi connectivity index (χ0v) is 13.2. The van der Waals surface area contributed by atoms with Gasteiger partial charge in [0, 0.05) is 6.54 Å². The van der Waals surface area contributed by atoms with E-state index in [0.29, 0.717) is 6.54 Å². The predicted octanol–water partition coefficient (Wildman–Crippen LogP) is 3.14. The van der Waals surface area contributed by atoms with Gasteiger partial charge in [0.1, 0.15) is 0 Å². The Balaban J connectivity index is 2.27. The van der Waals surface area contributed by atoms with Crippen LogP contribution >= 0.6 is 0 Å². The molecule has 0 fully saturated rings. The van der Waals surface area contributed by atoms with E-state index in [1.807, 2.05) is 48.5 Å². The first-order valence-corrected chi connectivity index (χ1v) is 8.74. The van der Waals surface area contributed by atoms with E-state index < -0.39 is 9.84 Å². The molecule has 0 saturated heterocycles. The van der Waals surface area contributed by atoms with Crippen LogP contribution < -0.4 is 5.73 Å². The number of hydrogen-bond acceptors (Lipinski definition) is 3. The molecule has 0 bridgehead atoms. The van der Waals surface area contributed by atoms with Gasteiger partial charge in [-0.25, -0.2) is 8.42 Å². The molecule has 2 N–H and O–H groups in total. The average molecular weight is 303 g/mol. The average Bonchev–Trinajstić information content (AvgIpc) is 2.47. The third-order valence-electron chi connectivity index (χ3n) is 3.59. The molecule has 0 radical (unpaired) electrons. The largest absolute Gasteiger partial charge is 0.326 e. The molecule has 0 aliphatic carbocycles. The first-order valence-electron chi connectivity index (χ1n) is 7.03. The maximum Gasteiger partial charge on any atom is 0.156 e. The summed E-state index contributed by atoms with van der Waals surface area (Å²) in [6.45, 7) is 3.90. The Labute approximate surface area is 126 Å². The van der Waals surface area contributed by atoms with Crippen LogP contribution in [0.1, 0.15) is 25.0 Å². The van der Waals surface area contributed by atoms with Gasteiger partial charge in [-0.15, -0.1) is 0 Å². The minimum absolute atomic E-state index is 0.0868. The van der Waals surface area contributed by atoms with Crippen molar-refractivity contribution in [2.45, 2.75) is 31.4 Å². The van der Waals surface area contributed by atoms with E-state index >= 15 is 0 Å². The van der Waals surface area contributed by atoms with Crippen LogP contribution in [0.4, 0.5) is 0 Å². The normalized spacial score (nSPS) is 11.8. The summed E-state index contributed by atoms with van der Waals surface area (Å²) in [6, 6.07) is 15.7. The van der Waals surface area contributed by atoms with Gasteiger partial charge in [-0.1, -0.05) is 48.5 Å². The molecule has 0 aromatic heterocycles. The van der Waals surface area contributed by atoms with Gasteiger partial charge in [-0.05, 0) is 36.1 Å². The van der Waals surface area contributed by atoms with Gasteiger partial charge in [0.15, 0.2) is 9.84 Å². The van der Waals surface area contributed by atoms with E-state index in [1.54, 1.807) is 13.8 Å². The molecule has 0 atom stereocenters. The van der Waals surface area contributed by atoms with E-state index in [1.165, 1.54) is 0 Å². The lowest BCUT2D eigenvalue weighted by atomic mass is 9.99. The maximum absolute atomic E-state index is 11.9. The molecule has 2 aromatic rings. The lowest BCUT2D eigenvalue weighted by molar-refractivity contribution is 0.586. The van der Waals surface area contributed by atoms with Crippen molar-refractivity contribution in [3.05, 3.63) is 59.7 Å². The topological polar surface area (TPSA) is 60.2 Å². The molecular weight excluding hydrogens is 282 g/mol. The SMILES string of the molecule is CC(C)S(=O)(=O)Cc1ccc(-c2ccccc2CN)cc1. The van der Waals surface area contributed by atoms with Crippen molar-refractivity contribution in [2.24, 2.45) is 5.73 Å². The second-order valence-corrected chi connectivity index (χ2v) is 7.97. The molecule has 0 aliphatic heterocycles. The highest BCUT2D eigenvalue weighted by atomic mass is 32.2. The van der Waals surface area contributed by atoms with E-state index in [0.717, 1.165) is 22.3 Å². The molecule has 0 amide bonds. The fraction of sp³-hybridized carbons (Fsp3) is 0.294. The second-order valence-electron chi connectivity index (χ2n) is 5.41. The van der Waals surface area contributed by atoms with E-state index in [2.05, 4.69) is 0 Å². The summed E-state index contributed by atoms with van der Waals surface area (Å²) >= 11 is 0. The zero-order valence-electron chi connectivity index (χ0n) is 12.4. The minimum atomic E-state index is -3.06. The highest BCUT2D eigenvalue weighted by Crippen LogP contribution is 2.24. The monoisotopic (exact) mass is 303 g/mol. The Morgan fingerprint density at radius 3 is 2.19 bits per heavy atom. The van der Waals surface area contributed by atoms with Crippen LogP contribution in [0, 0.1) is 0 Å². The highest BCUT2D eigenvalue weighted by Gasteiger charge is 2.16. The van der Waals surface area contributed by atoms with Crippen LogP contribution in [-0.4, -0.2) is 13.7 Å². The summed E-state index contributed by atoms with van der Waals surface area (Å²) in [4.78, 5) is 0. The molecule has 0 heterocycles. The summed E-state index contributed by atoms with van der Waals surface area (Å²) in [7, 11) is -3.06. The van der Waals surface area contributed by atoms with Gasteiger partial charge in [-0.3, -0.25) is 0 Å². The van der Waals surface area contributed by atoms with Crippen molar-refractivity contribution in [2.75, 3.05) is 0 Å². The van der Waals surface area contributed by atoms with Crippen LogP contribution in [0.3, 0.4) is 0 Å². The lowest BCUT2D eigenvalue weighted by Crippen LogP contribution is -2.15. The van der Waals surface area contributed by atoms with Crippen molar-refractivity contribution in [1.82, 2.24) is 0 Å². The number of benzene rings is 2. The van der Waals surface area contributed by atoms with Gasteiger partial charge in [0.05, 0.1) is 11.0 Å². The van der Waals surface area contributed by atoms with Gasteiger partial charge in [0.25, 0.3) is 0 Å². The quantitative estimate of drug-likeness (QED) is 0.923.